The SMILES string of the molecule is CCCCN(CC(=O)Nc1cc(C)on1)S(=O)(=O)c1ccc(Br)cc1. The lowest BCUT2D eigenvalue weighted by Gasteiger charge is -2.21. The highest BCUT2D eigenvalue weighted by Crippen LogP contribution is 2.19. The smallest absolute Gasteiger partial charge is 0.243 e. The number of hydrogen-bond donors (Lipinski definition) is 1. The Bertz CT molecular complexity index is 818. The lowest BCUT2D eigenvalue weighted by atomic mass is 10.3. The summed E-state index contributed by atoms with van der Waals surface area (Å²) in [7, 11) is -3.76. The molecule has 0 spiro atoms. The molecule has 0 atom stereocenters. The Balaban J connectivity index is 2.16. The lowest BCUT2D eigenvalue weighted by molar-refractivity contribution is -0.116. The first-order valence-corrected chi connectivity index (χ1v) is 10.0. The van der Waals surface area contributed by atoms with Crippen LogP contribution in [0, 0.1) is 6.92 Å². The van der Waals surface area contributed by atoms with Crippen LogP contribution in [0.4, 0.5) is 5.82 Å². The average Bonchev–Trinajstić information content (AvgIpc) is 2.96. The second-order valence-electron chi connectivity index (χ2n) is 5.52. The molecule has 0 aliphatic rings. The van der Waals surface area contributed by atoms with Gasteiger partial charge in [-0.05, 0) is 37.6 Å². The van der Waals surface area contributed by atoms with Crippen LogP contribution < -0.4 is 5.32 Å². The van der Waals surface area contributed by atoms with Crippen LogP contribution in [0.1, 0.15) is 25.5 Å². The van der Waals surface area contributed by atoms with Crippen molar-refractivity contribution in [3.05, 3.63) is 40.6 Å². The molecule has 7 nitrogen and oxygen atoms in total. The zero-order valence-corrected chi connectivity index (χ0v) is 16.4. The summed E-state index contributed by atoms with van der Waals surface area (Å²) in [6, 6.07) is 7.90. The first-order valence-electron chi connectivity index (χ1n) is 7.82. The molecule has 0 fully saturated rings. The summed E-state index contributed by atoms with van der Waals surface area (Å²) < 4.78 is 32.5. The Hall–Kier alpha value is -1.71. The van der Waals surface area contributed by atoms with Crippen molar-refractivity contribution in [3.63, 3.8) is 0 Å². The highest BCUT2D eigenvalue weighted by Gasteiger charge is 2.26. The number of halogens is 1. The molecule has 0 aliphatic carbocycles. The highest BCUT2D eigenvalue weighted by molar-refractivity contribution is 9.10. The van der Waals surface area contributed by atoms with E-state index in [4.69, 9.17) is 4.52 Å². The molecule has 0 saturated carbocycles. The Morgan fingerprint density at radius 1 is 1.32 bits per heavy atom. The number of aromatic nitrogens is 1. The minimum atomic E-state index is -3.76. The second kappa shape index (κ2) is 8.59. The van der Waals surface area contributed by atoms with E-state index < -0.39 is 15.9 Å². The molecule has 0 saturated heterocycles. The summed E-state index contributed by atoms with van der Waals surface area (Å²) in [6.07, 6.45) is 1.47. The predicted octanol–water partition coefficient (Wildman–Crippen LogP) is 3.18. The number of amides is 1. The summed E-state index contributed by atoms with van der Waals surface area (Å²) in [6.45, 7) is 3.64. The van der Waals surface area contributed by atoms with E-state index in [1.54, 1.807) is 25.1 Å². The minimum Gasteiger partial charge on any atom is -0.360 e. The number of benzene rings is 1. The number of anilines is 1. The van der Waals surface area contributed by atoms with E-state index in [1.807, 2.05) is 6.92 Å². The Kier molecular flexibility index (Phi) is 6.74. The van der Waals surface area contributed by atoms with Gasteiger partial charge in [-0.15, -0.1) is 0 Å². The van der Waals surface area contributed by atoms with Crippen molar-refractivity contribution in [1.29, 1.82) is 0 Å². The molecule has 1 N–H and O–H groups in total. The molecule has 9 heteroatoms. The van der Waals surface area contributed by atoms with Gasteiger partial charge >= 0.3 is 0 Å². The van der Waals surface area contributed by atoms with Crippen molar-refractivity contribution in [2.75, 3.05) is 18.4 Å². The van der Waals surface area contributed by atoms with Crippen LogP contribution in [0.5, 0.6) is 0 Å². The Morgan fingerprint density at radius 2 is 2.00 bits per heavy atom. The van der Waals surface area contributed by atoms with Gasteiger partial charge in [-0.25, -0.2) is 8.42 Å². The molecular weight excluding hydrogens is 410 g/mol. The highest BCUT2D eigenvalue weighted by atomic mass is 79.9. The van der Waals surface area contributed by atoms with E-state index in [0.717, 1.165) is 10.9 Å². The van der Waals surface area contributed by atoms with Gasteiger partial charge in [0.1, 0.15) is 5.76 Å². The quantitative estimate of drug-likeness (QED) is 0.695. The summed E-state index contributed by atoms with van der Waals surface area (Å²) in [4.78, 5) is 12.4. The molecule has 1 aromatic carbocycles. The van der Waals surface area contributed by atoms with Crippen LogP contribution >= 0.6 is 15.9 Å². The number of hydrogen-bond acceptors (Lipinski definition) is 5. The molecule has 25 heavy (non-hydrogen) atoms. The van der Waals surface area contributed by atoms with E-state index in [1.165, 1.54) is 16.4 Å². The van der Waals surface area contributed by atoms with E-state index in [0.29, 0.717) is 12.2 Å². The number of nitrogens with one attached hydrogen (secondary N) is 1. The fourth-order valence-electron chi connectivity index (χ4n) is 2.14. The third-order valence-electron chi connectivity index (χ3n) is 3.43. The number of unbranched alkanes of at least 4 members (excludes halogenated alkanes) is 1. The maximum absolute atomic E-state index is 12.8. The third-order valence-corrected chi connectivity index (χ3v) is 5.82. The van der Waals surface area contributed by atoms with E-state index in [2.05, 4.69) is 26.4 Å². The molecule has 0 aliphatic heterocycles. The monoisotopic (exact) mass is 429 g/mol. The summed E-state index contributed by atoms with van der Waals surface area (Å²) in [5.74, 6) is 0.352. The van der Waals surface area contributed by atoms with Gasteiger partial charge in [0.2, 0.25) is 15.9 Å². The molecular formula is C16H20BrN3O4S. The Labute approximate surface area is 155 Å². The zero-order chi connectivity index (χ0) is 18.4. The number of carbonyl (C=O) groups excluding carboxylic acids is 1. The van der Waals surface area contributed by atoms with Crippen LogP contribution in [-0.4, -0.2) is 36.9 Å². The standard InChI is InChI=1S/C16H20BrN3O4S/c1-3-4-9-20(11-16(21)18-15-10-12(2)24-19-15)25(22,23)14-7-5-13(17)6-8-14/h5-8,10H,3-4,9,11H2,1-2H3,(H,18,19,21). The Morgan fingerprint density at radius 3 is 2.56 bits per heavy atom. The molecule has 1 heterocycles. The van der Waals surface area contributed by atoms with Crippen molar-refractivity contribution >= 4 is 37.7 Å². The fourth-order valence-corrected chi connectivity index (χ4v) is 3.84. The summed E-state index contributed by atoms with van der Waals surface area (Å²) in [5, 5.41) is 6.22. The van der Waals surface area contributed by atoms with E-state index in [-0.39, 0.29) is 23.8 Å². The van der Waals surface area contributed by atoms with Gasteiger partial charge in [-0.3, -0.25) is 4.79 Å². The number of sulfonamides is 1. The van der Waals surface area contributed by atoms with E-state index >= 15 is 0 Å². The van der Waals surface area contributed by atoms with Gasteiger partial charge < -0.3 is 9.84 Å². The first-order chi connectivity index (χ1) is 11.8. The summed E-state index contributed by atoms with van der Waals surface area (Å²) in [5.41, 5.74) is 0. The van der Waals surface area contributed by atoms with Crippen LogP contribution in [0.3, 0.4) is 0 Å². The van der Waals surface area contributed by atoms with Gasteiger partial charge in [0.25, 0.3) is 0 Å². The minimum absolute atomic E-state index is 0.150. The van der Waals surface area contributed by atoms with Crippen molar-refractivity contribution in [2.45, 2.75) is 31.6 Å². The normalized spacial score (nSPS) is 11.7. The predicted molar refractivity (Wildman–Crippen MR) is 97.7 cm³/mol. The molecule has 2 rings (SSSR count). The van der Waals surface area contributed by atoms with Crippen molar-refractivity contribution in [1.82, 2.24) is 9.46 Å². The van der Waals surface area contributed by atoms with Crippen LogP contribution in [0.15, 0.2) is 44.2 Å². The zero-order valence-electron chi connectivity index (χ0n) is 14.0. The molecule has 0 radical (unpaired) electrons. The van der Waals surface area contributed by atoms with Crippen LogP contribution in [-0.2, 0) is 14.8 Å². The number of aryl methyl sites for hydroxylation is 1. The van der Waals surface area contributed by atoms with Crippen LogP contribution in [0.25, 0.3) is 0 Å². The third kappa shape index (κ3) is 5.38. The lowest BCUT2D eigenvalue weighted by Crippen LogP contribution is -2.38. The molecule has 1 amide bonds. The van der Waals surface area contributed by atoms with E-state index in [9.17, 15) is 13.2 Å². The molecule has 0 unspecified atom stereocenters. The number of rotatable bonds is 8. The van der Waals surface area contributed by atoms with Gasteiger partial charge in [0, 0.05) is 17.1 Å². The van der Waals surface area contributed by atoms with Crippen molar-refractivity contribution in [2.24, 2.45) is 0 Å². The van der Waals surface area contributed by atoms with Gasteiger partial charge in [-0.1, -0.05) is 34.4 Å². The van der Waals surface area contributed by atoms with Gasteiger partial charge in [0.15, 0.2) is 5.82 Å². The first kappa shape index (κ1) is 19.6. The van der Waals surface area contributed by atoms with Gasteiger partial charge in [0.05, 0.1) is 11.4 Å². The molecule has 2 aromatic rings. The van der Waals surface area contributed by atoms with Crippen molar-refractivity contribution in [3.8, 4) is 0 Å². The second-order valence-corrected chi connectivity index (χ2v) is 8.37. The van der Waals surface area contributed by atoms with Gasteiger partial charge in [-0.2, -0.15) is 4.31 Å². The average molecular weight is 430 g/mol. The van der Waals surface area contributed by atoms with Crippen LogP contribution in [0.2, 0.25) is 0 Å². The fraction of sp³-hybridized carbons (Fsp3) is 0.375. The topological polar surface area (TPSA) is 92.5 Å². The summed E-state index contributed by atoms with van der Waals surface area (Å²) >= 11 is 3.28. The number of nitrogens with zero attached hydrogens (tertiary/aromatic N) is 2. The maximum atomic E-state index is 12.8. The molecule has 1 aromatic heterocycles. The van der Waals surface area contributed by atoms with Crippen molar-refractivity contribution < 1.29 is 17.7 Å². The largest absolute Gasteiger partial charge is 0.360 e. The molecule has 0 bridgehead atoms. The maximum Gasteiger partial charge on any atom is 0.243 e. The molecule has 136 valence electrons. The number of carbonyl (C=O) groups is 1.